The third-order valence-corrected chi connectivity index (χ3v) is 3.90. The summed E-state index contributed by atoms with van der Waals surface area (Å²) in [6.45, 7) is -0.434. The van der Waals surface area contributed by atoms with Gasteiger partial charge in [-0.15, -0.1) is 11.8 Å². The number of thioether (sulfide) groups is 1. The maximum atomic E-state index is 11.9. The molecule has 2 aromatic rings. The van der Waals surface area contributed by atoms with Crippen molar-refractivity contribution >= 4 is 40.9 Å². The molecule has 0 bridgehead atoms. The van der Waals surface area contributed by atoms with Gasteiger partial charge in [-0.2, -0.15) is 5.26 Å². The molecule has 6 nitrogen and oxygen atoms in total. The number of anilines is 1. The number of carbonyl (C=O) groups excluding carboxylic acids is 2. The van der Waals surface area contributed by atoms with Gasteiger partial charge in [0.1, 0.15) is 5.15 Å². The Morgan fingerprint density at radius 1 is 1.33 bits per heavy atom. The number of aromatic nitrogens is 1. The standard InChI is InChI=1S/C16H12ClN3O3S/c17-14-9-11(5-7-19-14)16(22)23-10-15(21)20-12-3-1-2-4-13(12)24-8-6-18/h1-5,7,9H,8,10H2,(H,20,21). The second-order valence-electron chi connectivity index (χ2n) is 4.43. The monoisotopic (exact) mass is 361 g/mol. The molecule has 0 unspecified atom stereocenters. The Morgan fingerprint density at radius 2 is 2.12 bits per heavy atom. The first-order valence-electron chi connectivity index (χ1n) is 6.77. The zero-order valence-corrected chi connectivity index (χ0v) is 13.9. The van der Waals surface area contributed by atoms with Gasteiger partial charge < -0.3 is 10.1 Å². The summed E-state index contributed by atoms with van der Waals surface area (Å²) in [7, 11) is 0. The zero-order chi connectivity index (χ0) is 17.4. The molecular weight excluding hydrogens is 350 g/mol. The fourth-order valence-corrected chi connectivity index (χ4v) is 2.58. The van der Waals surface area contributed by atoms with Crippen LogP contribution in [0.1, 0.15) is 10.4 Å². The van der Waals surface area contributed by atoms with Crippen LogP contribution >= 0.6 is 23.4 Å². The minimum Gasteiger partial charge on any atom is -0.452 e. The van der Waals surface area contributed by atoms with Crippen molar-refractivity contribution in [1.29, 1.82) is 5.26 Å². The number of carbonyl (C=O) groups is 2. The molecule has 0 fully saturated rings. The first kappa shape index (κ1) is 17.8. The molecule has 0 spiro atoms. The van der Waals surface area contributed by atoms with E-state index in [2.05, 4.69) is 10.3 Å². The smallest absolute Gasteiger partial charge is 0.338 e. The molecule has 8 heteroatoms. The second kappa shape index (κ2) is 8.91. The molecular formula is C16H12ClN3O3S. The van der Waals surface area contributed by atoms with Crippen LogP contribution in [0, 0.1) is 11.3 Å². The van der Waals surface area contributed by atoms with E-state index in [-0.39, 0.29) is 16.5 Å². The number of amides is 1. The quantitative estimate of drug-likeness (QED) is 0.482. The van der Waals surface area contributed by atoms with Crippen LogP contribution in [0.15, 0.2) is 47.5 Å². The van der Waals surface area contributed by atoms with Crippen LogP contribution < -0.4 is 5.32 Å². The highest BCUT2D eigenvalue weighted by Gasteiger charge is 2.12. The number of nitrogens with zero attached hydrogens (tertiary/aromatic N) is 2. The minimum atomic E-state index is -0.665. The normalized spacial score (nSPS) is 9.83. The Morgan fingerprint density at radius 3 is 2.88 bits per heavy atom. The fraction of sp³-hybridized carbons (Fsp3) is 0.125. The Balaban J connectivity index is 1.92. The van der Waals surface area contributed by atoms with Gasteiger partial charge >= 0.3 is 5.97 Å². The van der Waals surface area contributed by atoms with E-state index in [1.165, 1.54) is 30.1 Å². The molecule has 1 aromatic carbocycles. The average molecular weight is 362 g/mol. The Kier molecular flexibility index (Phi) is 6.61. The first-order valence-corrected chi connectivity index (χ1v) is 8.14. The summed E-state index contributed by atoms with van der Waals surface area (Å²) in [5.74, 6) is -0.875. The van der Waals surface area contributed by atoms with Crippen molar-refractivity contribution in [2.45, 2.75) is 4.90 Å². The van der Waals surface area contributed by atoms with Crippen LogP contribution in [0.3, 0.4) is 0 Å². The van der Waals surface area contributed by atoms with Gasteiger partial charge in [0, 0.05) is 11.1 Å². The van der Waals surface area contributed by atoms with Crippen LogP contribution in [0.5, 0.6) is 0 Å². The molecule has 1 aromatic heterocycles. The SMILES string of the molecule is N#CCSc1ccccc1NC(=O)COC(=O)c1ccnc(Cl)c1. The van der Waals surface area contributed by atoms with Crippen molar-refractivity contribution < 1.29 is 14.3 Å². The van der Waals surface area contributed by atoms with Crippen molar-refractivity contribution in [2.75, 3.05) is 17.7 Å². The summed E-state index contributed by atoms with van der Waals surface area (Å²) < 4.78 is 4.94. The van der Waals surface area contributed by atoms with Crippen molar-refractivity contribution in [2.24, 2.45) is 0 Å². The number of nitrogens with one attached hydrogen (secondary N) is 1. The Labute approximate surface area is 147 Å². The number of halogens is 1. The average Bonchev–Trinajstić information content (AvgIpc) is 2.59. The summed E-state index contributed by atoms with van der Waals surface area (Å²) in [5, 5.41) is 11.5. The molecule has 0 saturated carbocycles. The number of hydrogen-bond donors (Lipinski definition) is 1. The molecule has 1 N–H and O–H groups in total. The summed E-state index contributed by atoms with van der Waals surface area (Å²) in [6.07, 6.45) is 1.38. The predicted octanol–water partition coefficient (Wildman–Crippen LogP) is 3.15. The number of pyridine rings is 1. The lowest BCUT2D eigenvalue weighted by Gasteiger charge is -2.10. The van der Waals surface area contributed by atoms with Crippen LogP contribution in [0.4, 0.5) is 5.69 Å². The number of esters is 1. The second-order valence-corrected chi connectivity index (χ2v) is 5.84. The molecule has 24 heavy (non-hydrogen) atoms. The van der Waals surface area contributed by atoms with Crippen LogP contribution in [0.2, 0.25) is 5.15 Å². The van der Waals surface area contributed by atoms with E-state index < -0.39 is 18.5 Å². The van der Waals surface area contributed by atoms with Gasteiger partial charge in [0.15, 0.2) is 6.61 Å². The van der Waals surface area contributed by atoms with Gasteiger partial charge in [-0.05, 0) is 24.3 Å². The van der Waals surface area contributed by atoms with Gasteiger partial charge in [0.2, 0.25) is 0 Å². The van der Waals surface area contributed by atoms with E-state index in [0.29, 0.717) is 5.69 Å². The molecule has 1 amide bonds. The molecule has 2 rings (SSSR count). The van der Waals surface area contributed by atoms with Gasteiger partial charge in [-0.25, -0.2) is 9.78 Å². The number of rotatable bonds is 6. The molecule has 0 aliphatic rings. The highest BCUT2D eigenvalue weighted by molar-refractivity contribution is 7.99. The first-order chi connectivity index (χ1) is 11.6. The summed E-state index contributed by atoms with van der Waals surface area (Å²) in [6, 6.07) is 11.9. The summed E-state index contributed by atoms with van der Waals surface area (Å²) in [4.78, 5) is 28.3. The van der Waals surface area contributed by atoms with Gasteiger partial charge in [0.25, 0.3) is 5.91 Å². The van der Waals surface area contributed by atoms with E-state index in [0.717, 1.165) is 4.90 Å². The van der Waals surface area contributed by atoms with Crippen LogP contribution in [-0.4, -0.2) is 29.2 Å². The third-order valence-electron chi connectivity index (χ3n) is 2.75. The third kappa shape index (κ3) is 5.26. The summed E-state index contributed by atoms with van der Waals surface area (Å²) in [5.41, 5.74) is 0.776. The van der Waals surface area contributed by atoms with Gasteiger partial charge in [0.05, 0.1) is 23.1 Å². The van der Waals surface area contributed by atoms with E-state index in [4.69, 9.17) is 21.6 Å². The van der Waals surface area contributed by atoms with Crippen LogP contribution in [0.25, 0.3) is 0 Å². The lowest BCUT2D eigenvalue weighted by Crippen LogP contribution is -2.21. The van der Waals surface area contributed by atoms with E-state index in [1.807, 2.05) is 12.1 Å². The highest BCUT2D eigenvalue weighted by Crippen LogP contribution is 2.26. The summed E-state index contributed by atoms with van der Waals surface area (Å²) >= 11 is 7.00. The molecule has 122 valence electrons. The molecule has 0 atom stereocenters. The maximum absolute atomic E-state index is 11.9. The number of benzene rings is 1. The molecule has 0 saturated heterocycles. The lowest BCUT2D eigenvalue weighted by molar-refractivity contribution is -0.119. The molecule has 1 heterocycles. The number of ether oxygens (including phenoxy) is 1. The van der Waals surface area contributed by atoms with E-state index in [9.17, 15) is 9.59 Å². The molecule has 0 aliphatic carbocycles. The largest absolute Gasteiger partial charge is 0.452 e. The molecule has 0 aliphatic heterocycles. The van der Waals surface area contributed by atoms with Crippen molar-refractivity contribution in [3.8, 4) is 6.07 Å². The van der Waals surface area contributed by atoms with Crippen LogP contribution in [-0.2, 0) is 9.53 Å². The Hall–Kier alpha value is -2.56. The van der Waals surface area contributed by atoms with Gasteiger partial charge in [-0.3, -0.25) is 4.79 Å². The number of hydrogen-bond acceptors (Lipinski definition) is 6. The molecule has 0 radical (unpaired) electrons. The predicted molar refractivity (Wildman–Crippen MR) is 90.9 cm³/mol. The number of para-hydroxylation sites is 1. The van der Waals surface area contributed by atoms with Crippen molar-refractivity contribution in [3.63, 3.8) is 0 Å². The highest BCUT2D eigenvalue weighted by atomic mass is 35.5. The van der Waals surface area contributed by atoms with Crippen molar-refractivity contribution in [1.82, 2.24) is 4.98 Å². The Bertz CT molecular complexity index is 792. The number of nitriles is 1. The van der Waals surface area contributed by atoms with Crippen molar-refractivity contribution in [3.05, 3.63) is 53.3 Å². The lowest BCUT2D eigenvalue weighted by atomic mass is 10.3. The van der Waals surface area contributed by atoms with E-state index in [1.54, 1.807) is 18.2 Å². The zero-order valence-electron chi connectivity index (χ0n) is 12.4. The van der Waals surface area contributed by atoms with Gasteiger partial charge in [-0.1, -0.05) is 23.7 Å². The fourth-order valence-electron chi connectivity index (χ4n) is 1.74. The van der Waals surface area contributed by atoms with E-state index >= 15 is 0 Å². The minimum absolute atomic E-state index is 0.164. The topological polar surface area (TPSA) is 92.1 Å². The maximum Gasteiger partial charge on any atom is 0.338 e.